The average Bonchev–Trinajstić information content (AvgIpc) is 2.27. The molecule has 0 atom stereocenters. The van der Waals surface area contributed by atoms with E-state index in [0.717, 1.165) is 12.1 Å². The van der Waals surface area contributed by atoms with Crippen LogP contribution in [0.2, 0.25) is 0 Å². The molecule has 2 N–H and O–H groups in total. The number of nitrogen functional groups attached to an aromatic ring is 1. The highest BCUT2D eigenvalue weighted by Crippen LogP contribution is 2.18. The first-order chi connectivity index (χ1) is 7.66. The van der Waals surface area contributed by atoms with Crippen LogP contribution in [0.1, 0.15) is 11.3 Å². The highest BCUT2D eigenvalue weighted by Gasteiger charge is 2.08. The Morgan fingerprint density at radius 1 is 1.12 bits per heavy atom. The number of pyridine rings is 1. The van der Waals surface area contributed by atoms with Gasteiger partial charge in [-0.25, -0.2) is 8.78 Å². The second kappa shape index (κ2) is 4.26. The van der Waals surface area contributed by atoms with Crippen LogP contribution in [-0.2, 0) is 6.42 Å². The summed E-state index contributed by atoms with van der Waals surface area (Å²) in [4.78, 5) is 4.05. The Morgan fingerprint density at radius 2 is 1.94 bits per heavy atom. The Kier molecular flexibility index (Phi) is 2.81. The zero-order valence-corrected chi connectivity index (χ0v) is 8.45. The third kappa shape index (κ3) is 2.16. The molecule has 0 aliphatic heterocycles. The van der Waals surface area contributed by atoms with E-state index in [0.29, 0.717) is 5.69 Å². The predicted molar refractivity (Wildman–Crippen MR) is 57.8 cm³/mol. The van der Waals surface area contributed by atoms with Crippen LogP contribution in [0.4, 0.5) is 14.5 Å². The van der Waals surface area contributed by atoms with E-state index in [-0.39, 0.29) is 17.7 Å². The van der Waals surface area contributed by atoms with E-state index in [1.165, 1.54) is 0 Å². The lowest BCUT2D eigenvalue weighted by molar-refractivity contribution is 0.591. The lowest BCUT2D eigenvalue weighted by atomic mass is 10.1. The second-order valence-corrected chi connectivity index (χ2v) is 3.46. The van der Waals surface area contributed by atoms with E-state index in [1.807, 2.05) is 0 Å². The molecular weight excluding hydrogens is 210 g/mol. The van der Waals surface area contributed by atoms with Gasteiger partial charge in [-0.05, 0) is 23.8 Å². The van der Waals surface area contributed by atoms with Crippen LogP contribution in [0, 0.1) is 11.6 Å². The summed E-state index contributed by atoms with van der Waals surface area (Å²) in [5.41, 5.74) is 6.01. The smallest absolute Gasteiger partial charge is 0.146 e. The van der Waals surface area contributed by atoms with Crippen molar-refractivity contribution >= 4 is 5.69 Å². The van der Waals surface area contributed by atoms with Gasteiger partial charge in [-0.3, -0.25) is 4.98 Å². The van der Waals surface area contributed by atoms with Gasteiger partial charge >= 0.3 is 0 Å². The molecule has 1 heterocycles. The molecule has 0 saturated heterocycles. The lowest BCUT2D eigenvalue weighted by Crippen LogP contribution is -1.99. The molecule has 0 aliphatic carbocycles. The summed E-state index contributed by atoms with van der Waals surface area (Å²) < 4.78 is 26.6. The van der Waals surface area contributed by atoms with Gasteiger partial charge < -0.3 is 5.73 Å². The van der Waals surface area contributed by atoms with Crippen LogP contribution in [0.3, 0.4) is 0 Å². The molecule has 16 heavy (non-hydrogen) atoms. The fourth-order valence-corrected chi connectivity index (χ4v) is 1.44. The monoisotopic (exact) mass is 220 g/mol. The van der Waals surface area contributed by atoms with E-state index in [9.17, 15) is 8.78 Å². The minimum absolute atomic E-state index is 0.178. The third-order valence-electron chi connectivity index (χ3n) is 2.26. The van der Waals surface area contributed by atoms with Gasteiger partial charge in [-0.2, -0.15) is 0 Å². The van der Waals surface area contributed by atoms with Crippen molar-refractivity contribution in [2.75, 3.05) is 5.73 Å². The average molecular weight is 220 g/mol. The molecule has 0 spiro atoms. The molecule has 0 amide bonds. The largest absolute Gasteiger partial charge is 0.396 e. The maximum Gasteiger partial charge on any atom is 0.146 e. The third-order valence-corrected chi connectivity index (χ3v) is 2.26. The topological polar surface area (TPSA) is 38.9 Å². The number of benzene rings is 1. The molecule has 2 nitrogen and oxygen atoms in total. The maximum atomic E-state index is 13.4. The first-order valence-corrected chi connectivity index (χ1v) is 4.80. The van der Waals surface area contributed by atoms with Crippen LogP contribution in [0.25, 0.3) is 0 Å². The highest BCUT2D eigenvalue weighted by molar-refractivity contribution is 5.43. The second-order valence-electron chi connectivity index (χ2n) is 3.46. The van der Waals surface area contributed by atoms with E-state index in [4.69, 9.17) is 5.73 Å². The standard InChI is InChI=1S/C12H10F2N2/c13-10-7-12(15)11(14)6-8(10)5-9-3-1-2-4-16-9/h1-4,6-7H,5,15H2. The molecule has 0 bridgehead atoms. The molecule has 0 saturated carbocycles. The molecule has 2 rings (SSSR count). The van der Waals surface area contributed by atoms with Crippen molar-refractivity contribution in [3.05, 3.63) is 59.4 Å². The minimum atomic E-state index is -0.604. The van der Waals surface area contributed by atoms with Gasteiger partial charge in [0.05, 0.1) is 5.69 Å². The summed E-state index contributed by atoms with van der Waals surface area (Å²) in [6.07, 6.45) is 1.87. The van der Waals surface area contributed by atoms with Gasteiger partial charge in [0.1, 0.15) is 11.6 Å². The number of nitrogens with zero attached hydrogens (tertiary/aromatic N) is 1. The number of rotatable bonds is 2. The fraction of sp³-hybridized carbons (Fsp3) is 0.0833. The molecule has 0 fully saturated rings. The molecule has 0 radical (unpaired) electrons. The van der Waals surface area contributed by atoms with Crippen molar-refractivity contribution < 1.29 is 8.78 Å². The maximum absolute atomic E-state index is 13.4. The van der Waals surface area contributed by atoms with Gasteiger partial charge in [0.2, 0.25) is 0 Å². The highest BCUT2D eigenvalue weighted by atomic mass is 19.1. The van der Waals surface area contributed by atoms with Crippen LogP contribution >= 0.6 is 0 Å². The van der Waals surface area contributed by atoms with Crippen molar-refractivity contribution in [1.82, 2.24) is 4.98 Å². The molecular formula is C12H10F2N2. The normalized spacial score (nSPS) is 10.4. The first-order valence-electron chi connectivity index (χ1n) is 4.80. The number of anilines is 1. The Labute approximate surface area is 91.7 Å². The Balaban J connectivity index is 2.32. The summed E-state index contributed by atoms with van der Waals surface area (Å²) in [5, 5.41) is 0. The molecule has 1 aromatic carbocycles. The van der Waals surface area contributed by atoms with Gasteiger partial charge in [-0.15, -0.1) is 0 Å². The predicted octanol–water partition coefficient (Wildman–Crippen LogP) is 2.53. The van der Waals surface area contributed by atoms with Gasteiger partial charge in [0.15, 0.2) is 0 Å². The number of nitrogens with two attached hydrogens (primary N) is 1. The van der Waals surface area contributed by atoms with Crippen molar-refractivity contribution in [3.63, 3.8) is 0 Å². The fourth-order valence-electron chi connectivity index (χ4n) is 1.44. The quantitative estimate of drug-likeness (QED) is 0.790. The van der Waals surface area contributed by atoms with E-state index < -0.39 is 11.6 Å². The van der Waals surface area contributed by atoms with Crippen LogP contribution < -0.4 is 5.73 Å². The first kappa shape index (κ1) is 10.5. The minimum Gasteiger partial charge on any atom is -0.396 e. The molecule has 82 valence electrons. The number of halogens is 2. The van der Waals surface area contributed by atoms with Crippen molar-refractivity contribution in [2.45, 2.75) is 6.42 Å². The van der Waals surface area contributed by atoms with E-state index in [2.05, 4.69) is 4.98 Å². The summed E-state index contributed by atoms with van der Waals surface area (Å²) in [6, 6.07) is 7.43. The van der Waals surface area contributed by atoms with Crippen molar-refractivity contribution in [1.29, 1.82) is 0 Å². The van der Waals surface area contributed by atoms with E-state index in [1.54, 1.807) is 24.4 Å². The number of hydrogen-bond donors (Lipinski definition) is 1. The summed E-state index contributed by atoms with van der Waals surface area (Å²) in [5.74, 6) is -1.11. The Morgan fingerprint density at radius 3 is 2.62 bits per heavy atom. The summed E-state index contributed by atoms with van der Waals surface area (Å²) >= 11 is 0. The van der Waals surface area contributed by atoms with Crippen molar-refractivity contribution in [3.8, 4) is 0 Å². The molecule has 2 aromatic rings. The SMILES string of the molecule is Nc1cc(F)c(Cc2ccccn2)cc1F. The van der Waals surface area contributed by atoms with Gasteiger partial charge in [0.25, 0.3) is 0 Å². The number of aromatic nitrogens is 1. The Hall–Kier alpha value is -1.97. The lowest BCUT2D eigenvalue weighted by Gasteiger charge is -2.04. The molecule has 0 aliphatic rings. The van der Waals surface area contributed by atoms with Crippen LogP contribution in [0.15, 0.2) is 36.5 Å². The number of hydrogen-bond acceptors (Lipinski definition) is 2. The van der Waals surface area contributed by atoms with Crippen LogP contribution in [-0.4, -0.2) is 4.98 Å². The Bertz CT molecular complexity index is 498. The summed E-state index contributed by atoms with van der Waals surface area (Å²) in [6.45, 7) is 0. The van der Waals surface area contributed by atoms with Crippen LogP contribution in [0.5, 0.6) is 0 Å². The summed E-state index contributed by atoms with van der Waals surface area (Å²) in [7, 11) is 0. The zero-order chi connectivity index (χ0) is 11.5. The van der Waals surface area contributed by atoms with E-state index >= 15 is 0 Å². The molecule has 4 heteroatoms. The van der Waals surface area contributed by atoms with Crippen molar-refractivity contribution in [2.24, 2.45) is 0 Å². The molecule has 0 unspecified atom stereocenters. The zero-order valence-electron chi connectivity index (χ0n) is 8.45. The molecule has 1 aromatic heterocycles. The van der Waals surface area contributed by atoms with Gasteiger partial charge in [-0.1, -0.05) is 6.07 Å². The van der Waals surface area contributed by atoms with Gasteiger partial charge in [0, 0.05) is 24.4 Å².